The normalized spacial score (nSPS) is 32.9. The van der Waals surface area contributed by atoms with E-state index < -0.39 is 12.0 Å². The molecular formula is C18H28N4O3. The van der Waals surface area contributed by atoms with Gasteiger partial charge in [0, 0.05) is 20.1 Å². The molecule has 1 atom stereocenters. The topological polar surface area (TPSA) is 81.8 Å². The standard InChI is InChI=1S/C18H28N4O3/c1-18(25)7-5-13(6-8-18)10-22-16(23)14-15(20(2)17(22)24)19-11-21(14)9-12-3-4-12/h11-13,17,24-25H,3-10H2,1-2H3/t13-,17?,18+. The number of anilines is 1. The third-order valence-electron chi connectivity index (χ3n) is 6.03. The third-order valence-corrected chi connectivity index (χ3v) is 6.03. The number of imidazole rings is 1. The van der Waals surface area contributed by atoms with Crippen molar-refractivity contribution in [2.45, 2.75) is 63.9 Å². The van der Waals surface area contributed by atoms with Crippen LogP contribution in [0.2, 0.25) is 0 Å². The Bertz CT molecular complexity index is 657. The molecule has 2 fully saturated rings. The molecule has 2 heterocycles. The third kappa shape index (κ3) is 3.15. The summed E-state index contributed by atoms with van der Waals surface area (Å²) in [7, 11) is 1.78. The van der Waals surface area contributed by atoms with Gasteiger partial charge in [0.1, 0.15) is 0 Å². The Hall–Kier alpha value is -1.60. The van der Waals surface area contributed by atoms with E-state index >= 15 is 0 Å². The SMILES string of the molecule is CN1c2ncn(CC3CC3)c2C(=O)N(C[C@H]2CC[C@@](C)(O)CC2)C1O. The molecule has 138 valence electrons. The second-order valence-electron chi connectivity index (χ2n) is 8.37. The molecule has 2 aliphatic carbocycles. The van der Waals surface area contributed by atoms with E-state index in [2.05, 4.69) is 4.98 Å². The van der Waals surface area contributed by atoms with Gasteiger partial charge in [-0.3, -0.25) is 9.69 Å². The van der Waals surface area contributed by atoms with Crippen LogP contribution in [0, 0.1) is 11.8 Å². The predicted molar refractivity (Wildman–Crippen MR) is 93.0 cm³/mol. The first-order valence-electron chi connectivity index (χ1n) is 9.35. The Labute approximate surface area is 148 Å². The highest BCUT2D eigenvalue weighted by Crippen LogP contribution is 2.36. The number of carbonyl (C=O) groups excluding carboxylic acids is 1. The van der Waals surface area contributed by atoms with Crippen molar-refractivity contribution < 1.29 is 15.0 Å². The van der Waals surface area contributed by atoms with Crippen molar-refractivity contribution in [1.29, 1.82) is 0 Å². The van der Waals surface area contributed by atoms with Crippen molar-refractivity contribution in [2.24, 2.45) is 11.8 Å². The summed E-state index contributed by atoms with van der Waals surface area (Å²) < 4.78 is 1.95. The second kappa shape index (κ2) is 5.99. The van der Waals surface area contributed by atoms with Gasteiger partial charge in [0.25, 0.3) is 5.91 Å². The largest absolute Gasteiger partial charge is 0.390 e. The highest BCUT2D eigenvalue weighted by atomic mass is 16.3. The van der Waals surface area contributed by atoms with Gasteiger partial charge >= 0.3 is 0 Å². The van der Waals surface area contributed by atoms with Crippen LogP contribution in [0.1, 0.15) is 55.9 Å². The zero-order valence-corrected chi connectivity index (χ0v) is 15.1. The molecule has 3 aliphatic rings. The maximum absolute atomic E-state index is 13.1. The average molecular weight is 348 g/mol. The van der Waals surface area contributed by atoms with Crippen LogP contribution in [0.15, 0.2) is 6.33 Å². The van der Waals surface area contributed by atoms with Gasteiger partial charge in [-0.1, -0.05) is 0 Å². The van der Waals surface area contributed by atoms with Crippen LogP contribution in [-0.4, -0.2) is 56.1 Å². The van der Waals surface area contributed by atoms with E-state index in [9.17, 15) is 15.0 Å². The number of hydrogen-bond acceptors (Lipinski definition) is 5. The molecule has 1 aromatic rings. The molecule has 2 saturated carbocycles. The van der Waals surface area contributed by atoms with Gasteiger partial charge in [-0.15, -0.1) is 0 Å². The van der Waals surface area contributed by atoms with Gasteiger partial charge in [0.05, 0.1) is 11.9 Å². The van der Waals surface area contributed by atoms with Crippen LogP contribution < -0.4 is 4.90 Å². The van der Waals surface area contributed by atoms with Crippen molar-refractivity contribution in [1.82, 2.24) is 14.5 Å². The molecule has 4 rings (SSSR count). The van der Waals surface area contributed by atoms with E-state index in [1.807, 2.05) is 11.5 Å². The number of aliphatic hydroxyl groups excluding tert-OH is 1. The van der Waals surface area contributed by atoms with Gasteiger partial charge < -0.3 is 19.7 Å². The van der Waals surface area contributed by atoms with E-state index in [4.69, 9.17) is 0 Å². The summed E-state index contributed by atoms with van der Waals surface area (Å²) in [5.74, 6) is 1.41. The fourth-order valence-corrected chi connectivity index (χ4v) is 4.06. The van der Waals surface area contributed by atoms with Crippen molar-refractivity contribution >= 4 is 11.7 Å². The number of nitrogens with zero attached hydrogens (tertiary/aromatic N) is 4. The summed E-state index contributed by atoms with van der Waals surface area (Å²) in [6.07, 6.45) is 6.42. The molecule has 0 aromatic carbocycles. The Morgan fingerprint density at radius 1 is 1.20 bits per heavy atom. The zero-order valence-electron chi connectivity index (χ0n) is 15.1. The van der Waals surface area contributed by atoms with Gasteiger partial charge in [-0.05, 0) is 57.3 Å². The summed E-state index contributed by atoms with van der Waals surface area (Å²) >= 11 is 0. The highest BCUT2D eigenvalue weighted by Gasteiger charge is 2.41. The number of aromatic nitrogens is 2. The van der Waals surface area contributed by atoms with Crippen LogP contribution in [-0.2, 0) is 6.54 Å². The molecule has 2 N–H and O–H groups in total. The number of aliphatic hydroxyl groups is 2. The van der Waals surface area contributed by atoms with E-state index in [0.717, 1.165) is 32.2 Å². The molecule has 0 radical (unpaired) electrons. The second-order valence-corrected chi connectivity index (χ2v) is 8.37. The van der Waals surface area contributed by atoms with E-state index in [1.165, 1.54) is 12.8 Å². The molecule has 1 aliphatic heterocycles. The predicted octanol–water partition coefficient (Wildman–Crippen LogP) is 1.40. The van der Waals surface area contributed by atoms with Crippen molar-refractivity contribution in [2.75, 3.05) is 18.5 Å². The zero-order chi connectivity index (χ0) is 17.8. The molecule has 1 unspecified atom stereocenters. The smallest absolute Gasteiger partial charge is 0.277 e. The Morgan fingerprint density at radius 3 is 2.48 bits per heavy atom. The van der Waals surface area contributed by atoms with Crippen LogP contribution in [0.25, 0.3) is 0 Å². The summed E-state index contributed by atoms with van der Waals surface area (Å²) in [5, 5.41) is 20.7. The molecular weight excluding hydrogens is 320 g/mol. The van der Waals surface area contributed by atoms with Crippen molar-refractivity contribution in [3.05, 3.63) is 12.0 Å². The van der Waals surface area contributed by atoms with Gasteiger partial charge in [-0.25, -0.2) is 4.98 Å². The number of rotatable bonds is 4. The first-order valence-corrected chi connectivity index (χ1v) is 9.35. The highest BCUT2D eigenvalue weighted by molar-refractivity contribution is 5.99. The van der Waals surface area contributed by atoms with E-state index in [0.29, 0.717) is 29.9 Å². The number of hydrogen-bond donors (Lipinski definition) is 2. The summed E-state index contributed by atoms with van der Waals surface area (Å²) in [6.45, 7) is 3.23. The van der Waals surface area contributed by atoms with Crippen LogP contribution >= 0.6 is 0 Å². The summed E-state index contributed by atoms with van der Waals surface area (Å²) in [4.78, 5) is 20.7. The Morgan fingerprint density at radius 2 is 1.84 bits per heavy atom. The molecule has 0 spiro atoms. The van der Waals surface area contributed by atoms with Crippen molar-refractivity contribution in [3.8, 4) is 0 Å². The van der Waals surface area contributed by atoms with Crippen LogP contribution in [0.3, 0.4) is 0 Å². The molecule has 0 saturated heterocycles. The molecule has 1 amide bonds. The minimum atomic E-state index is -0.980. The maximum Gasteiger partial charge on any atom is 0.277 e. The molecule has 0 bridgehead atoms. The van der Waals surface area contributed by atoms with Crippen molar-refractivity contribution in [3.63, 3.8) is 0 Å². The van der Waals surface area contributed by atoms with Crippen LogP contribution in [0.5, 0.6) is 0 Å². The quantitative estimate of drug-likeness (QED) is 0.860. The first kappa shape index (κ1) is 16.8. The molecule has 7 heteroatoms. The minimum absolute atomic E-state index is 0.129. The number of fused-ring (bicyclic) bond motifs is 1. The van der Waals surface area contributed by atoms with Gasteiger partial charge in [0.2, 0.25) is 6.35 Å². The van der Waals surface area contributed by atoms with Gasteiger partial charge in [0.15, 0.2) is 11.5 Å². The Balaban J connectivity index is 1.53. The monoisotopic (exact) mass is 348 g/mol. The lowest BCUT2D eigenvalue weighted by Crippen LogP contribution is -2.56. The molecule has 7 nitrogen and oxygen atoms in total. The van der Waals surface area contributed by atoms with E-state index in [1.54, 1.807) is 23.2 Å². The number of amides is 1. The maximum atomic E-state index is 13.1. The Kier molecular flexibility index (Phi) is 4.03. The minimum Gasteiger partial charge on any atom is -0.390 e. The molecule has 25 heavy (non-hydrogen) atoms. The van der Waals surface area contributed by atoms with E-state index in [-0.39, 0.29) is 5.91 Å². The fraction of sp³-hybridized carbons (Fsp3) is 0.778. The lowest BCUT2D eigenvalue weighted by atomic mass is 9.80. The van der Waals surface area contributed by atoms with Gasteiger partial charge in [-0.2, -0.15) is 0 Å². The lowest BCUT2D eigenvalue weighted by Gasteiger charge is -2.42. The first-order chi connectivity index (χ1) is 11.9. The summed E-state index contributed by atoms with van der Waals surface area (Å²) in [5.41, 5.74) is 0.0101. The summed E-state index contributed by atoms with van der Waals surface area (Å²) in [6, 6.07) is 0. The fourth-order valence-electron chi connectivity index (χ4n) is 4.06. The lowest BCUT2D eigenvalue weighted by molar-refractivity contribution is -0.0232. The molecule has 1 aromatic heterocycles. The van der Waals surface area contributed by atoms with Crippen LogP contribution in [0.4, 0.5) is 5.82 Å². The number of carbonyl (C=O) groups is 1. The average Bonchev–Trinajstić information content (AvgIpc) is 3.28.